The van der Waals surface area contributed by atoms with Crippen LogP contribution in [-0.2, 0) is 9.84 Å². The number of hydrogen-bond donors (Lipinski definition) is 1. The second-order valence-electron chi connectivity index (χ2n) is 4.38. The first kappa shape index (κ1) is 15.5. The summed E-state index contributed by atoms with van der Waals surface area (Å²) in [4.78, 5) is 12.0. The fourth-order valence-corrected chi connectivity index (χ4v) is 2.04. The smallest absolute Gasteiger partial charge is 0.335 e. The number of carbonyl (C=O) groups is 1. The Morgan fingerprint density at radius 3 is 2.43 bits per heavy atom. The molecule has 0 saturated carbocycles. The van der Waals surface area contributed by atoms with Crippen LogP contribution in [0.3, 0.4) is 0 Å². The highest BCUT2D eigenvalue weighted by Gasteiger charge is 2.21. The van der Waals surface area contributed by atoms with E-state index in [-0.39, 0.29) is 11.8 Å². The Labute approximate surface area is 126 Å². The van der Waals surface area contributed by atoms with E-state index in [1.165, 1.54) is 0 Å². The molecule has 1 aromatic carbocycles. The SMILES string of the molecule is C[C@H](NC(=O)c1ccc(Cl)cc1)c1nnc(S(C)(=O)=O)o1. The van der Waals surface area contributed by atoms with E-state index >= 15 is 0 Å². The molecule has 0 fully saturated rings. The van der Waals surface area contributed by atoms with Gasteiger partial charge in [-0.3, -0.25) is 4.79 Å². The van der Waals surface area contributed by atoms with E-state index in [0.717, 1.165) is 6.26 Å². The zero-order valence-electron chi connectivity index (χ0n) is 11.2. The molecule has 0 aliphatic rings. The maximum absolute atomic E-state index is 12.0. The van der Waals surface area contributed by atoms with Crippen molar-refractivity contribution in [3.05, 3.63) is 40.7 Å². The number of nitrogens with zero attached hydrogens (tertiary/aromatic N) is 2. The van der Waals surface area contributed by atoms with Crippen molar-refractivity contribution in [2.24, 2.45) is 0 Å². The Balaban J connectivity index is 2.11. The van der Waals surface area contributed by atoms with Gasteiger partial charge in [0, 0.05) is 16.8 Å². The summed E-state index contributed by atoms with van der Waals surface area (Å²) in [6.07, 6.45) is 0.960. The van der Waals surface area contributed by atoms with E-state index in [9.17, 15) is 13.2 Å². The number of benzene rings is 1. The summed E-state index contributed by atoms with van der Waals surface area (Å²) in [5.41, 5.74) is 0.411. The summed E-state index contributed by atoms with van der Waals surface area (Å²) in [6.45, 7) is 1.60. The van der Waals surface area contributed by atoms with Crippen LogP contribution < -0.4 is 5.32 Å². The van der Waals surface area contributed by atoms with Crippen LogP contribution in [0.25, 0.3) is 0 Å². The molecule has 2 aromatic rings. The highest BCUT2D eigenvalue weighted by atomic mass is 35.5. The summed E-state index contributed by atoms with van der Waals surface area (Å²) in [5.74, 6) is -0.351. The fraction of sp³-hybridized carbons (Fsp3) is 0.250. The standard InChI is InChI=1S/C12H12ClN3O4S/c1-7(11-15-16-12(20-11)21(2,18)19)14-10(17)8-3-5-9(13)6-4-8/h3-7H,1-2H3,(H,14,17)/t7-/m0/s1. The van der Waals surface area contributed by atoms with Crippen molar-refractivity contribution in [2.45, 2.75) is 18.2 Å². The zero-order valence-corrected chi connectivity index (χ0v) is 12.8. The van der Waals surface area contributed by atoms with Crippen molar-refractivity contribution < 1.29 is 17.6 Å². The van der Waals surface area contributed by atoms with E-state index in [4.69, 9.17) is 16.0 Å². The van der Waals surface area contributed by atoms with Crippen LogP contribution in [0.15, 0.2) is 33.9 Å². The highest BCUT2D eigenvalue weighted by molar-refractivity contribution is 7.90. The summed E-state index contributed by atoms with van der Waals surface area (Å²) < 4.78 is 27.5. The Morgan fingerprint density at radius 2 is 1.90 bits per heavy atom. The first-order chi connectivity index (χ1) is 9.77. The van der Waals surface area contributed by atoms with Crippen LogP contribution in [-0.4, -0.2) is 30.8 Å². The minimum Gasteiger partial charge on any atom is -0.410 e. The molecule has 1 atom stereocenters. The van der Waals surface area contributed by atoms with Crippen LogP contribution in [0.5, 0.6) is 0 Å². The van der Waals surface area contributed by atoms with Gasteiger partial charge in [0.2, 0.25) is 15.7 Å². The van der Waals surface area contributed by atoms with Crippen LogP contribution in [0, 0.1) is 0 Å². The molecule has 0 aliphatic heterocycles. The van der Waals surface area contributed by atoms with Gasteiger partial charge in [0.05, 0.1) is 0 Å². The minimum absolute atomic E-state index is 0.0118. The molecule has 1 N–H and O–H groups in total. The molecule has 0 spiro atoms. The number of hydrogen-bond acceptors (Lipinski definition) is 6. The van der Waals surface area contributed by atoms with Crippen LogP contribution in [0.2, 0.25) is 5.02 Å². The van der Waals surface area contributed by atoms with Crippen LogP contribution in [0.4, 0.5) is 0 Å². The molecule has 0 radical (unpaired) electrons. The lowest BCUT2D eigenvalue weighted by Crippen LogP contribution is -2.26. The van der Waals surface area contributed by atoms with Gasteiger partial charge in [0.1, 0.15) is 6.04 Å². The average Bonchev–Trinajstić information content (AvgIpc) is 2.88. The number of nitrogens with one attached hydrogen (secondary N) is 1. The van der Waals surface area contributed by atoms with E-state index in [0.29, 0.717) is 10.6 Å². The molecule has 0 aliphatic carbocycles. The molecular formula is C12H12ClN3O4S. The van der Waals surface area contributed by atoms with Gasteiger partial charge in [-0.1, -0.05) is 16.7 Å². The number of aromatic nitrogens is 2. The first-order valence-corrected chi connectivity index (χ1v) is 8.14. The van der Waals surface area contributed by atoms with E-state index in [2.05, 4.69) is 15.5 Å². The Morgan fingerprint density at radius 1 is 1.29 bits per heavy atom. The summed E-state index contributed by atoms with van der Waals surface area (Å²) >= 11 is 5.74. The average molecular weight is 330 g/mol. The fourth-order valence-electron chi connectivity index (χ4n) is 1.49. The lowest BCUT2D eigenvalue weighted by molar-refractivity contribution is 0.0933. The molecule has 7 nitrogen and oxygen atoms in total. The van der Waals surface area contributed by atoms with Crippen molar-refractivity contribution in [3.8, 4) is 0 Å². The largest absolute Gasteiger partial charge is 0.410 e. The lowest BCUT2D eigenvalue weighted by atomic mass is 10.2. The summed E-state index contributed by atoms with van der Waals surface area (Å²) in [5, 5.41) is 9.70. The second-order valence-corrected chi connectivity index (χ2v) is 6.71. The first-order valence-electron chi connectivity index (χ1n) is 5.87. The van der Waals surface area contributed by atoms with Gasteiger partial charge >= 0.3 is 5.22 Å². The van der Waals surface area contributed by atoms with Gasteiger partial charge in [-0.2, -0.15) is 0 Å². The molecule has 9 heteroatoms. The Hall–Kier alpha value is -1.93. The van der Waals surface area contributed by atoms with Gasteiger partial charge in [-0.25, -0.2) is 8.42 Å². The lowest BCUT2D eigenvalue weighted by Gasteiger charge is -2.09. The van der Waals surface area contributed by atoms with E-state index in [1.807, 2.05) is 0 Å². The van der Waals surface area contributed by atoms with Gasteiger partial charge in [-0.05, 0) is 31.2 Å². The molecule has 21 heavy (non-hydrogen) atoms. The quantitative estimate of drug-likeness (QED) is 0.914. The molecule has 1 amide bonds. The predicted octanol–water partition coefficient (Wildman–Crippen LogP) is 1.62. The van der Waals surface area contributed by atoms with Crippen LogP contribution >= 0.6 is 11.6 Å². The third-order valence-electron chi connectivity index (χ3n) is 2.56. The van der Waals surface area contributed by atoms with Gasteiger partial charge < -0.3 is 9.73 Å². The third-order valence-corrected chi connectivity index (χ3v) is 3.62. The van der Waals surface area contributed by atoms with Crippen molar-refractivity contribution >= 4 is 27.3 Å². The van der Waals surface area contributed by atoms with Gasteiger partial charge in [-0.15, -0.1) is 5.10 Å². The molecule has 112 valence electrons. The van der Waals surface area contributed by atoms with Gasteiger partial charge in [0.25, 0.3) is 5.91 Å². The van der Waals surface area contributed by atoms with Crippen molar-refractivity contribution in [1.82, 2.24) is 15.5 Å². The van der Waals surface area contributed by atoms with Gasteiger partial charge in [0.15, 0.2) is 0 Å². The predicted molar refractivity (Wildman–Crippen MR) is 74.7 cm³/mol. The van der Waals surface area contributed by atoms with Crippen molar-refractivity contribution in [1.29, 1.82) is 0 Å². The topological polar surface area (TPSA) is 102 Å². The molecule has 0 bridgehead atoms. The maximum Gasteiger partial charge on any atom is 0.335 e. The maximum atomic E-state index is 12.0. The minimum atomic E-state index is -3.57. The number of amides is 1. The molecule has 2 rings (SSSR count). The Bertz CT molecular complexity index is 755. The molecule has 1 aromatic heterocycles. The number of rotatable bonds is 4. The van der Waals surface area contributed by atoms with E-state index in [1.54, 1.807) is 31.2 Å². The third kappa shape index (κ3) is 3.79. The summed E-state index contributed by atoms with van der Waals surface area (Å²) in [7, 11) is -3.57. The van der Waals surface area contributed by atoms with Crippen molar-refractivity contribution in [3.63, 3.8) is 0 Å². The second kappa shape index (κ2) is 5.82. The molecule has 0 saturated heterocycles. The zero-order chi connectivity index (χ0) is 15.6. The number of sulfone groups is 1. The molecule has 0 unspecified atom stereocenters. The highest BCUT2D eigenvalue weighted by Crippen LogP contribution is 2.15. The molecule has 1 heterocycles. The summed E-state index contributed by atoms with van der Waals surface area (Å²) in [6, 6.07) is 5.70. The number of halogens is 1. The van der Waals surface area contributed by atoms with E-state index < -0.39 is 21.1 Å². The monoisotopic (exact) mass is 329 g/mol. The van der Waals surface area contributed by atoms with Crippen molar-refractivity contribution in [2.75, 3.05) is 6.26 Å². The molecular weight excluding hydrogens is 318 g/mol. The normalized spacial score (nSPS) is 12.9. The van der Waals surface area contributed by atoms with Crippen LogP contribution in [0.1, 0.15) is 29.2 Å². The Kier molecular flexibility index (Phi) is 4.29. The number of carbonyl (C=O) groups excluding carboxylic acids is 1.